The van der Waals surface area contributed by atoms with Crippen molar-refractivity contribution in [3.8, 4) is 0 Å². The molecule has 0 aromatic heterocycles. The summed E-state index contributed by atoms with van der Waals surface area (Å²) in [7, 11) is -3.61. The van der Waals surface area contributed by atoms with E-state index in [1.165, 1.54) is 19.3 Å². The molecule has 0 aliphatic heterocycles. The van der Waals surface area contributed by atoms with Crippen LogP contribution in [-0.4, -0.2) is 15.0 Å². The Hall–Kier alpha value is -0.870. The first-order chi connectivity index (χ1) is 10.2. The van der Waals surface area contributed by atoms with E-state index in [2.05, 4.69) is 20.8 Å². The van der Waals surface area contributed by atoms with Crippen LogP contribution in [0.3, 0.4) is 0 Å². The minimum atomic E-state index is -3.61. The van der Waals surface area contributed by atoms with Gasteiger partial charge in [-0.1, -0.05) is 38.5 Å². The summed E-state index contributed by atoms with van der Waals surface area (Å²) in [6.45, 7) is 9.17. The van der Waals surface area contributed by atoms with Crippen LogP contribution in [0.4, 0.5) is 0 Å². The molecule has 1 fully saturated rings. The highest BCUT2D eigenvalue weighted by atomic mass is 32.2. The summed E-state index contributed by atoms with van der Waals surface area (Å²) in [5, 5.41) is 0. The number of hydrogen-bond donors (Lipinski definition) is 0. The Labute approximate surface area is 135 Å². The molecule has 2 rings (SSSR count). The van der Waals surface area contributed by atoms with E-state index in [-0.39, 0.29) is 11.5 Å². The predicted octanol–water partition coefficient (Wildman–Crippen LogP) is 4.55. The minimum Gasteiger partial charge on any atom is -0.266 e. The average Bonchev–Trinajstić information content (AvgIpc) is 2.43. The summed E-state index contributed by atoms with van der Waals surface area (Å²) in [4.78, 5) is 0.247. The Bertz CT molecular complexity index is 587. The van der Waals surface area contributed by atoms with Crippen molar-refractivity contribution >= 4 is 10.1 Å². The summed E-state index contributed by atoms with van der Waals surface area (Å²) in [6, 6.07) is 6.80. The van der Waals surface area contributed by atoms with Gasteiger partial charge in [0.05, 0.1) is 11.5 Å². The number of aryl methyl sites for hydroxylation is 1. The third-order valence-electron chi connectivity index (χ3n) is 5.29. The molecule has 2 unspecified atom stereocenters. The third kappa shape index (κ3) is 4.32. The second-order valence-electron chi connectivity index (χ2n) is 7.41. The highest BCUT2D eigenvalue weighted by Gasteiger charge is 2.33. The zero-order valence-corrected chi connectivity index (χ0v) is 14.9. The van der Waals surface area contributed by atoms with Crippen LogP contribution in [0.1, 0.15) is 52.0 Å². The maximum absolute atomic E-state index is 12.1. The molecular formula is C18H28O3S. The summed E-state index contributed by atoms with van der Waals surface area (Å²) >= 11 is 0. The molecule has 0 saturated heterocycles. The SMILES string of the molecule is Cc1ccc(S(=O)(=O)OCCC2CCC(C)(C)C(C)C2)cc1. The van der Waals surface area contributed by atoms with Gasteiger partial charge in [0.2, 0.25) is 0 Å². The van der Waals surface area contributed by atoms with Crippen molar-refractivity contribution in [2.45, 2.75) is 58.3 Å². The maximum atomic E-state index is 12.1. The van der Waals surface area contributed by atoms with Crippen LogP contribution in [0.2, 0.25) is 0 Å². The predicted molar refractivity (Wildman–Crippen MR) is 89.2 cm³/mol. The number of hydrogen-bond acceptors (Lipinski definition) is 3. The Morgan fingerprint density at radius 2 is 1.86 bits per heavy atom. The van der Waals surface area contributed by atoms with Gasteiger partial charge in [-0.25, -0.2) is 0 Å². The fraction of sp³-hybridized carbons (Fsp3) is 0.667. The molecule has 1 aliphatic rings. The fourth-order valence-corrected chi connectivity index (χ4v) is 4.04. The normalized spacial score (nSPS) is 25.1. The van der Waals surface area contributed by atoms with E-state index in [0.29, 0.717) is 17.3 Å². The molecule has 3 nitrogen and oxygen atoms in total. The molecule has 0 heterocycles. The number of benzene rings is 1. The Kier molecular flexibility index (Phi) is 5.33. The third-order valence-corrected chi connectivity index (χ3v) is 6.62. The van der Waals surface area contributed by atoms with E-state index in [1.807, 2.05) is 6.92 Å². The molecule has 0 spiro atoms. The van der Waals surface area contributed by atoms with Crippen LogP contribution >= 0.6 is 0 Å². The van der Waals surface area contributed by atoms with Crippen molar-refractivity contribution in [3.63, 3.8) is 0 Å². The van der Waals surface area contributed by atoms with Gasteiger partial charge in [-0.2, -0.15) is 8.42 Å². The molecule has 1 aliphatic carbocycles. The molecule has 1 saturated carbocycles. The standard InChI is InChI=1S/C18H28O3S/c1-14-5-7-17(8-6-14)22(19,20)21-12-10-16-9-11-18(3,4)15(2)13-16/h5-8,15-16H,9-13H2,1-4H3. The second-order valence-corrected chi connectivity index (χ2v) is 9.02. The Morgan fingerprint density at radius 1 is 1.23 bits per heavy atom. The molecule has 0 amide bonds. The lowest BCUT2D eigenvalue weighted by atomic mass is 9.66. The molecule has 0 radical (unpaired) electrons. The molecule has 4 heteroatoms. The highest BCUT2D eigenvalue weighted by molar-refractivity contribution is 7.86. The van der Waals surface area contributed by atoms with Crippen molar-refractivity contribution in [1.82, 2.24) is 0 Å². The van der Waals surface area contributed by atoms with E-state index < -0.39 is 10.1 Å². The van der Waals surface area contributed by atoms with E-state index in [9.17, 15) is 8.42 Å². The molecule has 1 aromatic rings. The lowest BCUT2D eigenvalue weighted by Crippen LogP contribution is -2.30. The number of rotatable bonds is 5. The lowest BCUT2D eigenvalue weighted by Gasteiger charge is -2.40. The molecule has 1 aromatic carbocycles. The van der Waals surface area contributed by atoms with Gasteiger partial charge in [0, 0.05) is 0 Å². The van der Waals surface area contributed by atoms with Gasteiger partial charge in [0.15, 0.2) is 0 Å². The molecule has 22 heavy (non-hydrogen) atoms. The van der Waals surface area contributed by atoms with E-state index in [4.69, 9.17) is 4.18 Å². The van der Waals surface area contributed by atoms with Crippen molar-refractivity contribution in [2.75, 3.05) is 6.61 Å². The topological polar surface area (TPSA) is 43.4 Å². The first-order valence-corrected chi connectivity index (χ1v) is 9.57. The van der Waals surface area contributed by atoms with Gasteiger partial charge in [-0.15, -0.1) is 0 Å². The molecule has 124 valence electrons. The van der Waals surface area contributed by atoms with Crippen LogP contribution in [0, 0.1) is 24.2 Å². The average molecular weight is 324 g/mol. The van der Waals surface area contributed by atoms with Gasteiger partial charge in [-0.05, 0) is 62.0 Å². The van der Waals surface area contributed by atoms with Gasteiger partial charge in [0.1, 0.15) is 0 Å². The van der Waals surface area contributed by atoms with E-state index >= 15 is 0 Å². The van der Waals surface area contributed by atoms with Crippen LogP contribution in [-0.2, 0) is 14.3 Å². The van der Waals surface area contributed by atoms with Crippen LogP contribution < -0.4 is 0 Å². The molecule has 2 atom stereocenters. The molecule has 0 N–H and O–H groups in total. The van der Waals surface area contributed by atoms with Gasteiger partial charge < -0.3 is 0 Å². The summed E-state index contributed by atoms with van der Waals surface area (Å²) in [5.41, 5.74) is 1.45. The van der Waals surface area contributed by atoms with Gasteiger partial charge in [0.25, 0.3) is 10.1 Å². The zero-order valence-electron chi connectivity index (χ0n) is 14.1. The van der Waals surface area contributed by atoms with Crippen molar-refractivity contribution in [3.05, 3.63) is 29.8 Å². The van der Waals surface area contributed by atoms with Gasteiger partial charge >= 0.3 is 0 Å². The molecular weight excluding hydrogens is 296 g/mol. The second kappa shape index (κ2) is 6.71. The zero-order chi connectivity index (χ0) is 16.4. The van der Waals surface area contributed by atoms with Crippen LogP contribution in [0.25, 0.3) is 0 Å². The van der Waals surface area contributed by atoms with Crippen molar-refractivity contribution < 1.29 is 12.6 Å². The van der Waals surface area contributed by atoms with Crippen LogP contribution in [0.5, 0.6) is 0 Å². The first-order valence-electron chi connectivity index (χ1n) is 8.17. The van der Waals surface area contributed by atoms with Crippen molar-refractivity contribution in [2.24, 2.45) is 17.3 Å². The summed E-state index contributed by atoms with van der Waals surface area (Å²) < 4.78 is 29.5. The largest absolute Gasteiger partial charge is 0.296 e. The monoisotopic (exact) mass is 324 g/mol. The minimum absolute atomic E-state index is 0.247. The maximum Gasteiger partial charge on any atom is 0.296 e. The van der Waals surface area contributed by atoms with E-state index in [0.717, 1.165) is 12.0 Å². The first kappa shape index (κ1) is 17.5. The quantitative estimate of drug-likeness (QED) is 0.746. The highest BCUT2D eigenvalue weighted by Crippen LogP contribution is 2.43. The van der Waals surface area contributed by atoms with E-state index in [1.54, 1.807) is 24.3 Å². The van der Waals surface area contributed by atoms with Crippen molar-refractivity contribution in [1.29, 1.82) is 0 Å². The fourth-order valence-electron chi connectivity index (χ4n) is 3.12. The summed E-state index contributed by atoms with van der Waals surface area (Å²) in [6.07, 6.45) is 4.38. The van der Waals surface area contributed by atoms with Crippen LogP contribution in [0.15, 0.2) is 29.2 Å². The molecule has 0 bridgehead atoms. The lowest BCUT2D eigenvalue weighted by molar-refractivity contribution is 0.100. The Morgan fingerprint density at radius 3 is 2.45 bits per heavy atom. The van der Waals surface area contributed by atoms with Gasteiger partial charge in [-0.3, -0.25) is 4.18 Å². The smallest absolute Gasteiger partial charge is 0.266 e. The summed E-state index contributed by atoms with van der Waals surface area (Å²) in [5.74, 6) is 1.26. The Balaban J connectivity index is 1.85.